The highest BCUT2D eigenvalue weighted by molar-refractivity contribution is 5.92. The molecule has 2 aromatic rings. The van der Waals surface area contributed by atoms with Crippen molar-refractivity contribution in [3.8, 4) is 5.75 Å². The van der Waals surface area contributed by atoms with Crippen molar-refractivity contribution < 1.29 is 14.3 Å². The first-order valence-electron chi connectivity index (χ1n) is 11.8. The first kappa shape index (κ1) is 24.6. The third-order valence-electron chi connectivity index (χ3n) is 5.82. The first-order valence-corrected chi connectivity index (χ1v) is 11.8. The summed E-state index contributed by atoms with van der Waals surface area (Å²) < 4.78 is 5.63. The zero-order valence-electron chi connectivity index (χ0n) is 20.6. The van der Waals surface area contributed by atoms with Crippen molar-refractivity contribution in [3.05, 3.63) is 54.1 Å². The molecule has 0 atom stereocenters. The number of hydrogen-bond donors (Lipinski definition) is 1. The van der Waals surface area contributed by atoms with E-state index >= 15 is 0 Å². The molecule has 0 bridgehead atoms. The second-order valence-electron chi connectivity index (χ2n) is 10.1. The van der Waals surface area contributed by atoms with Gasteiger partial charge in [-0.15, -0.1) is 0 Å². The number of carbonyl (C=O) groups excluding carboxylic acids is 2. The molecule has 6 nitrogen and oxygen atoms in total. The molecular weight excluding hydrogens is 414 g/mol. The van der Waals surface area contributed by atoms with Gasteiger partial charge < -0.3 is 19.9 Å². The Labute approximate surface area is 197 Å². The molecule has 0 spiro atoms. The lowest BCUT2D eigenvalue weighted by atomic mass is 9.87. The highest BCUT2D eigenvalue weighted by atomic mass is 16.5. The van der Waals surface area contributed by atoms with Crippen molar-refractivity contribution in [3.63, 3.8) is 0 Å². The average molecular weight is 452 g/mol. The summed E-state index contributed by atoms with van der Waals surface area (Å²) in [6, 6.07) is 15.7. The van der Waals surface area contributed by atoms with E-state index in [9.17, 15) is 9.59 Å². The van der Waals surface area contributed by atoms with Crippen molar-refractivity contribution in [2.45, 2.75) is 46.5 Å². The molecule has 0 unspecified atom stereocenters. The summed E-state index contributed by atoms with van der Waals surface area (Å²) in [5, 5.41) is 2.88. The molecule has 0 radical (unpaired) electrons. The van der Waals surface area contributed by atoms with Crippen LogP contribution < -0.4 is 15.0 Å². The lowest BCUT2D eigenvalue weighted by Gasteiger charge is -2.36. The van der Waals surface area contributed by atoms with E-state index in [-0.39, 0.29) is 23.8 Å². The van der Waals surface area contributed by atoms with Gasteiger partial charge in [-0.2, -0.15) is 0 Å². The van der Waals surface area contributed by atoms with Crippen LogP contribution in [0, 0.1) is 5.92 Å². The fourth-order valence-corrected chi connectivity index (χ4v) is 3.85. The van der Waals surface area contributed by atoms with Crippen molar-refractivity contribution in [1.29, 1.82) is 0 Å². The van der Waals surface area contributed by atoms with E-state index in [2.05, 4.69) is 44.8 Å². The molecular formula is C27H37N3O3. The minimum atomic E-state index is -0.195. The number of hydrogen-bond acceptors (Lipinski definition) is 4. The average Bonchev–Trinajstić information content (AvgIpc) is 2.77. The Balaban J connectivity index is 1.45. The van der Waals surface area contributed by atoms with E-state index < -0.39 is 0 Å². The minimum absolute atomic E-state index is 0.0387. The predicted octanol–water partition coefficient (Wildman–Crippen LogP) is 4.70. The summed E-state index contributed by atoms with van der Waals surface area (Å²) >= 11 is 0. The molecule has 33 heavy (non-hydrogen) atoms. The van der Waals surface area contributed by atoms with Crippen LogP contribution in [0.15, 0.2) is 48.5 Å². The van der Waals surface area contributed by atoms with Crippen LogP contribution in [0.2, 0.25) is 0 Å². The molecule has 2 amide bonds. The van der Waals surface area contributed by atoms with Crippen molar-refractivity contribution >= 4 is 23.2 Å². The first-order chi connectivity index (χ1) is 15.6. The van der Waals surface area contributed by atoms with Gasteiger partial charge in [0.15, 0.2) is 6.61 Å². The van der Waals surface area contributed by atoms with Gasteiger partial charge in [0.2, 0.25) is 5.91 Å². The van der Waals surface area contributed by atoms with Crippen molar-refractivity contribution in [2.75, 3.05) is 43.0 Å². The Morgan fingerprint density at radius 2 is 1.55 bits per heavy atom. The number of amides is 2. The zero-order valence-corrected chi connectivity index (χ0v) is 20.6. The Morgan fingerprint density at radius 3 is 2.09 bits per heavy atom. The van der Waals surface area contributed by atoms with E-state index in [0.717, 1.165) is 37.6 Å². The largest absolute Gasteiger partial charge is 0.484 e. The molecule has 1 heterocycles. The maximum Gasteiger partial charge on any atom is 0.262 e. The summed E-state index contributed by atoms with van der Waals surface area (Å²) in [6.45, 7) is 13.7. The number of nitrogens with zero attached hydrogens (tertiary/aromatic N) is 2. The molecule has 1 N–H and O–H groups in total. The van der Waals surface area contributed by atoms with Gasteiger partial charge in [0, 0.05) is 44.0 Å². The van der Waals surface area contributed by atoms with Gasteiger partial charge in [-0.05, 0) is 53.3 Å². The maximum atomic E-state index is 12.3. The standard InChI is InChI=1S/C27H37N3O3/c1-20(2)18-26(32)30-16-14-29(15-17-30)23-10-8-22(9-11-23)28-25(31)19-33-24-12-6-21(7-13-24)27(3,4)5/h6-13,20H,14-19H2,1-5H3,(H,28,31). The Morgan fingerprint density at radius 1 is 0.939 bits per heavy atom. The molecule has 1 aliphatic rings. The van der Waals surface area contributed by atoms with Crippen molar-refractivity contribution in [2.24, 2.45) is 5.92 Å². The van der Waals surface area contributed by atoms with Crippen LogP contribution in [0.1, 0.15) is 46.6 Å². The van der Waals surface area contributed by atoms with Gasteiger partial charge in [0.25, 0.3) is 5.91 Å². The number of benzene rings is 2. The maximum absolute atomic E-state index is 12.3. The molecule has 0 saturated carbocycles. The molecule has 6 heteroatoms. The summed E-state index contributed by atoms with van der Waals surface area (Å²) in [5.41, 5.74) is 3.14. The predicted molar refractivity (Wildman–Crippen MR) is 134 cm³/mol. The van der Waals surface area contributed by atoms with Crippen LogP contribution in [0.4, 0.5) is 11.4 Å². The lowest BCUT2D eigenvalue weighted by molar-refractivity contribution is -0.132. The number of nitrogens with one attached hydrogen (secondary N) is 1. The van der Waals surface area contributed by atoms with E-state index in [4.69, 9.17) is 4.74 Å². The quantitative estimate of drug-likeness (QED) is 0.663. The van der Waals surface area contributed by atoms with Gasteiger partial charge in [0.1, 0.15) is 5.75 Å². The smallest absolute Gasteiger partial charge is 0.262 e. The number of anilines is 2. The SMILES string of the molecule is CC(C)CC(=O)N1CCN(c2ccc(NC(=O)COc3ccc(C(C)(C)C)cc3)cc2)CC1. The second kappa shape index (κ2) is 10.7. The minimum Gasteiger partial charge on any atom is -0.484 e. The van der Waals surface area contributed by atoms with E-state index in [1.54, 1.807) is 0 Å². The van der Waals surface area contributed by atoms with Crippen molar-refractivity contribution in [1.82, 2.24) is 4.90 Å². The molecule has 178 valence electrons. The van der Waals surface area contributed by atoms with E-state index in [0.29, 0.717) is 18.1 Å². The van der Waals surface area contributed by atoms with Crippen LogP contribution >= 0.6 is 0 Å². The summed E-state index contributed by atoms with van der Waals surface area (Å²) in [6.07, 6.45) is 0.611. The summed E-state index contributed by atoms with van der Waals surface area (Å²) in [4.78, 5) is 28.8. The third kappa shape index (κ3) is 7.24. The number of rotatable bonds is 7. The lowest BCUT2D eigenvalue weighted by Crippen LogP contribution is -2.49. The highest BCUT2D eigenvalue weighted by Crippen LogP contribution is 2.24. The van der Waals surface area contributed by atoms with Gasteiger partial charge in [0.05, 0.1) is 0 Å². The molecule has 0 aromatic heterocycles. The van der Waals surface area contributed by atoms with Crippen LogP contribution in [0.5, 0.6) is 5.75 Å². The normalized spacial score (nSPS) is 14.4. The van der Waals surface area contributed by atoms with Gasteiger partial charge in [-0.3, -0.25) is 9.59 Å². The highest BCUT2D eigenvalue weighted by Gasteiger charge is 2.21. The fourth-order valence-electron chi connectivity index (χ4n) is 3.85. The van der Waals surface area contributed by atoms with E-state index in [1.807, 2.05) is 53.4 Å². The molecule has 1 saturated heterocycles. The van der Waals surface area contributed by atoms with E-state index in [1.165, 1.54) is 5.56 Å². The molecule has 1 fully saturated rings. The van der Waals surface area contributed by atoms with Gasteiger partial charge >= 0.3 is 0 Å². The number of carbonyl (C=O) groups is 2. The zero-order chi connectivity index (χ0) is 24.0. The number of ether oxygens (including phenoxy) is 1. The molecule has 2 aromatic carbocycles. The van der Waals surface area contributed by atoms with Gasteiger partial charge in [-0.25, -0.2) is 0 Å². The molecule has 1 aliphatic heterocycles. The fraction of sp³-hybridized carbons (Fsp3) is 0.481. The number of piperazine rings is 1. The Bertz CT molecular complexity index is 923. The van der Waals surface area contributed by atoms with Gasteiger partial charge in [-0.1, -0.05) is 46.8 Å². The van der Waals surface area contributed by atoms with Crippen LogP contribution in [-0.4, -0.2) is 49.5 Å². The molecule has 0 aliphatic carbocycles. The third-order valence-corrected chi connectivity index (χ3v) is 5.82. The monoisotopic (exact) mass is 451 g/mol. The van der Waals surface area contributed by atoms with Crippen LogP contribution in [0.25, 0.3) is 0 Å². The molecule has 3 rings (SSSR count). The van der Waals surface area contributed by atoms with Crippen LogP contribution in [-0.2, 0) is 15.0 Å². The topological polar surface area (TPSA) is 61.9 Å². The summed E-state index contributed by atoms with van der Waals surface area (Å²) in [7, 11) is 0. The second-order valence-corrected chi connectivity index (χ2v) is 10.1. The Hall–Kier alpha value is -3.02. The van der Waals surface area contributed by atoms with Crippen LogP contribution in [0.3, 0.4) is 0 Å². The Kier molecular flexibility index (Phi) is 8.01. The summed E-state index contributed by atoms with van der Waals surface area (Å²) in [5.74, 6) is 1.12.